The van der Waals surface area contributed by atoms with Crippen LogP contribution in [0.5, 0.6) is 0 Å². The summed E-state index contributed by atoms with van der Waals surface area (Å²) in [5, 5.41) is 3.57. The Balaban J connectivity index is 1.80. The van der Waals surface area contributed by atoms with Crippen molar-refractivity contribution in [3.05, 3.63) is 34.9 Å². The Bertz CT molecular complexity index is 512. The third-order valence-corrected chi connectivity index (χ3v) is 4.15. The monoisotopic (exact) mass is 308 g/mol. The Morgan fingerprint density at radius 1 is 1.19 bits per heavy atom. The second-order valence-corrected chi connectivity index (χ2v) is 5.74. The van der Waals surface area contributed by atoms with Gasteiger partial charge in [-0.1, -0.05) is 23.7 Å². The molecule has 0 bridgehead atoms. The molecule has 1 N–H and O–H groups in total. The molecule has 0 radical (unpaired) electrons. The summed E-state index contributed by atoms with van der Waals surface area (Å²) >= 11 is 5.82. The first-order chi connectivity index (χ1) is 10.1. The lowest BCUT2D eigenvalue weighted by atomic mass is 10.2. The fourth-order valence-corrected chi connectivity index (χ4v) is 2.58. The smallest absolute Gasteiger partial charge is 0.226 e. The van der Waals surface area contributed by atoms with Gasteiger partial charge in [0, 0.05) is 24.7 Å². The van der Waals surface area contributed by atoms with Crippen LogP contribution < -0.4 is 5.32 Å². The van der Waals surface area contributed by atoms with E-state index in [0.29, 0.717) is 31.1 Å². The molecule has 1 aromatic rings. The van der Waals surface area contributed by atoms with E-state index in [4.69, 9.17) is 11.6 Å². The second-order valence-electron chi connectivity index (χ2n) is 5.30. The number of hydrogen-bond acceptors (Lipinski definition) is 2. The predicted molar refractivity (Wildman–Crippen MR) is 82.8 cm³/mol. The SMILES string of the molecule is CCN(CC)C(=O)C1CC1C(=O)NCc1ccc(Cl)cc1. The minimum Gasteiger partial charge on any atom is -0.352 e. The van der Waals surface area contributed by atoms with Crippen molar-refractivity contribution in [2.45, 2.75) is 26.8 Å². The van der Waals surface area contributed by atoms with E-state index in [9.17, 15) is 9.59 Å². The normalized spacial score (nSPS) is 20.0. The van der Waals surface area contributed by atoms with Gasteiger partial charge in [-0.15, -0.1) is 0 Å². The van der Waals surface area contributed by atoms with E-state index in [1.165, 1.54) is 0 Å². The molecule has 0 saturated heterocycles. The molecule has 4 nitrogen and oxygen atoms in total. The van der Waals surface area contributed by atoms with Gasteiger partial charge in [0.2, 0.25) is 11.8 Å². The van der Waals surface area contributed by atoms with Gasteiger partial charge in [0.05, 0.1) is 11.8 Å². The molecule has 21 heavy (non-hydrogen) atoms. The molecule has 0 spiro atoms. The van der Waals surface area contributed by atoms with E-state index in [1.807, 2.05) is 26.0 Å². The highest BCUT2D eigenvalue weighted by Crippen LogP contribution is 2.40. The topological polar surface area (TPSA) is 49.4 Å². The average molecular weight is 309 g/mol. The van der Waals surface area contributed by atoms with E-state index in [-0.39, 0.29) is 23.7 Å². The van der Waals surface area contributed by atoms with Crippen molar-refractivity contribution in [2.75, 3.05) is 13.1 Å². The second kappa shape index (κ2) is 6.94. The van der Waals surface area contributed by atoms with Crippen molar-refractivity contribution >= 4 is 23.4 Å². The summed E-state index contributed by atoms with van der Waals surface area (Å²) in [7, 11) is 0. The number of nitrogens with one attached hydrogen (secondary N) is 1. The summed E-state index contributed by atoms with van der Waals surface area (Å²) in [6.45, 7) is 5.79. The molecule has 0 aromatic heterocycles. The number of carbonyl (C=O) groups is 2. The zero-order chi connectivity index (χ0) is 15.4. The lowest BCUT2D eigenvalue weighted by Gasteiger charge is -2.18. The highest BCUT2D eigenvalue weighted by atomic mass is 35.5. The third kappa shape index (κ3) is 3.97. The van der Waals surface area contributed by atoms with Gasteiger partial charge >= 0.3 is 0 Å². The maximum Gasteiger partial charge on any atom is 0.226 e. The standard InChI is InChI=1S/C16H21ClN2O2/c1-3-19(4-2)16(21)14-9-13(14)15(20)18-10-11-5-7-12(17)8-6-11/h5-8,13-14H,3-4,9-10H2,1-2H3,(H,18,20). The Hall–Kier alpha value is -1.55. The lowest BCUT2D eigenvalue weighted by molar-refractivity contribution is -0.134. The van der Waals surface area contributed by atoms with Crippen molar-refractivity contribution in [1.29, 1.82) is 0 Å². The van der Waals surface area contributed by atoms with Crippen LogP contribution in [0.25, 0.3) is 0 Å². The van der Waals surface area contributed by atoms with Gasteiger partial charge in [-0.3, -0.25) is 9.59 Å². The molecular weight excluding hydrogens is 288 g/mol. The molecule has 1 aliphatic carbocycles. The Kier molecular flexibility index (Phi) is 5.23. The molecule has 1 fully saturated rings. The van der Waals surface area contributed by atoms with E-state index < -0.39 is 0 Å². The van der Waals surface area contributed by atoms with Crippen molar-refractivity contribution in [2.24, 2.45) is 11.8 Å². The first-order valence-corrected chi connectivity index (χ1v) is 7.75. The minimum atomic E-state index is -0.162. The Labute approximate surface area is 130 Å². The molecule has 1 aliphatic rings. The fraction of sp³-hybridized carbons (Fsp3) is 0.500. The van der Waals surface area contributed by atoms with Crippen LogP contribution >= 0.6 is 11.6 Å². The van der Waals surface area contributed by atoms with E-state index in [2.05, 4.69) is 5.32 Å². The van der Waals surface area contributed by atoms with Gasteiger partial charge in [0.15, 0.2) is 0 Å². The van der Waals surface area contributed by atoms with E-state index in [1.54, 1.807) is 17.0 Å². The zero-order valence-corrected chi connectivity index (χ0v) is 13.2. The van der Waals surface area contributed by atoms with Gasteiger partial charge in [0.1, 0.15) is 0 Å². The summed E-state index contributed by atoms with van der Waals surface area (Å²) in [6, 6.07) is 7.36. The summed E-state index contributed by atoms with van der Waals surface area (Å²) in [5.41, 5.74) is 1.00. The number of nitrogens with zero attached hydrogens (tertiary/aromatic N) is 1. The van der Waals surface area contributed by atoms with Crippen molar-refractivity contribution < 1.29 is 9.59 Å². The molecule has 2 unspecified atom stereocenters. The molecule has 0 aliphatic heterocycles. The molecule has 1 saturated carbocycles. The highest BCUT2D eigenvalue weighted by Gasteiger charge is 2.48. The molecule has 114 valence electrons. The van der Waals surface area contributed by atoms with Crippen molar-refractivity contribution in [3.63, 3.8) is 0 Å². The van der Waals surface area contributed by atoms with Gasteiger partial charge in [-0.25, -0.2) is 0 Å². The van der Waals surface area contributed by atoms with Gasteiger partial charge in [-0.2, -0.15) is 0 Å². The van der Waals surface area contributed by atoms with Crippen LogP contribution in [-0.2, 0) is 16.1 Å². The number of hydrogen-bond donors (Lipinski definition) is 1. The van der Waals surface area contributed by atoms with E-state index >= 15 is 0 Å². The van der Waals surface area contributed by atoms with E-state index in [0.717, 1.165) is 5.56 Å². The summed E-state index contributed by atoms with van der Waals surface area (Å²) in [4.78, 5) is 26.0. The summed E-state index contributed by atoms with van der Waals surface area (Å²) in [6.07, 6.45) is 0.668. The predicted octanol–water partition coefficient (Wildman–Crippen LogP) is 2.46. The van der Waals surface area contributed by atoms with Crippen LogP contribution in [0.15, 0.2) is 24.3 Å². The van der Waals surface area contributed by atoms with Gasteiger partial charge in [0.25, 0.3) is 0 Å². The lowest BCUT2D eigenvalue weighted by Crippen LogP contribution is -2.34. The summed E-state index contributed by atoms with van der Waals surface area (Å²) < 4.78 is 0. The molecular formula is C16H21ClN2O2. The molecule has 2 amide bonds. The fourth-order valence-electron chi connectivity index (χ4n) is 2.45. The first kappa shape index (κ1) is 15.8. The molecule has 2 atom stereocenters. The van der Waals surface area contributed by atoms with Crippen molar-refractivity contribution in [1.82, 2.24) is 10.2 Å². The van der Waals surface area contributed by atoms with Crippen LogP contribution in [0.1, 0.15) is 25.8 Å². The minimum absolute atomic E-state index is 0.0320. The largest absolute Gasteiger partial charge is 0.352 e. The molecule has 0 heterocycles. The maximum atomic E-state index is 12.1. The maximum absolute atomic E-state index is 12.1. The van der Waals surface area contributed by atoms with Crippen LogP contribution in [0.2, 0.25) is 5.02 Å². The van der Waals surface area contributed by atoms with Crippen LogP contribution in [0.3, 0.4) is 0 Å². The highest BCUT2D eigenvalue weighted by molar-refractivity contribution is 6.30. The van der Waals surface area contributed by atoms with Gasteiger partial charge in [-0.05, 0) is 38.0 Å². The number of benzene rings is 1. The number of rotatable bonds is 6. The Morgan fingerprint density at radius 2 is 1.81 bits per heavy atom. The van der Waals surface area contributed by atoms with Crippen molar-refractivity contribution in [3.8, 4) is 0 Å². The zero-order valence-electron chi connectivity index (χ0n) is 12.4. The average Bonchev–Trinajstić information content (AvgIpc) is 3.28. The molecule has 1 aromatic carbocycles. The number of carbonyl (C=O) groups excluding carboxylic acids is 2. The third-order valence-electron chi connectivity index (χ3n) is 3.90. The summed E-state index contributed by atoms with van der Waals surface area (Å²) in [5.74, 6) is -0.220. The molecule has 2 rings (SSSR count). The quantitative estimate of drug-likeness (QED) is 0.877. The number of halogens is 1. The Morgan fingerprint density at radius 3 is 2.38 bits per heavy atom. The van der Waals surface area contributed by atoms with Crippen LogP contribution in [0, 0.1) is 11.8 Å². The van der Waals surface area contributed by atoms with Crippen LogP contribution in [0.4, 0.5) is 0 Å². The first-order valence-electron chi connectivity index (χ1n) is 7.37. The van der Waals surface area contributed by atoms with Gasteiger partial charge < -0.3 is 10.2 Å². The van der Waals surface area contributed by atoms with Crippen LogP contribution in [-0.4, -0.2) is 29.8 Å². The molecule has 5 heteroatoms. The number of amides is 2.